The van der Waals surface area contributed by atoms with Crippen molar-refractivity contribution in [3.63, 3.8) is 0 Å². The Labute approximate surface area is 81.0 Å². The first kappa shape index (κ1) is 9.24. The second-order valence-corrected chi connectivity index (χ2v) is 3.25. The molecule has 0 aromatic heterocycles. The lowest BCUT2D eigenvalue weighted by atomic mass is 10.2. The Bertz CT molecular complexity index is 314. The molecule has 0 spiro atoms. The monoisotopic (exact) mass is 282 g/mol. The maximum absolute atomic E-state index is 12.8. The number of carboxylic acids is 1. The topological polar surface area (TPSA) is 57.5 Å². The summed E-state index contributed by atoms with van der Waals surface area (Å²) >= 11 is 1.65. The summed E-state index contributed by atoms with van der Waals surface area (Å²) in [4.78, 5) is 10.4. The van der Waals surface area contributed by atoms with Crippen molar-refractivity contribution in [2.45, 2.75) is 0 Å². The van der Waals surface area contributed by atoms with Gasteiger partial charge in [0.05, 0.1) is 0 Å². The fourth-order valence-electron chi connectivity index (χ4n) is 0.764. The van der Waals surface area contributed by atoms with Crippen LogP contribution in [0.1, 0.15) is 10.4 Å². The highest BCUT2D eigenvalue weighted by atomic mass is 127. The van der Waals surface area contributed by atoms with Crippen molar-refractivity contribution >= 4 is 28.6 Å². The van der Waals surface area contributed by atoms with Crippen LogP contribution in [0.5, 0.6) is 5.75 Å². The van der Waals surface area contributed by atoms with Crippen LogP contribution < -0.4 is 0 Å². The quantitative estimate of drug-likeness (QED) is 0.773. The highest BCUT2D eigenvalue weighted by Crippen LogP contribution is 2.21. The maximum atomic E-state index is 12.8. The van der Waals surface area contributed by atoms with Gasteiger partial charge in [-0.1, -0.05) is 0 Å². The Hall–Kier alpha value is -0.850. The van der Waals surface area contributed by atoms with Crippen molar-refractivity contribution in [1.29, 1.82) is 0 Å². The van der Waals surface area contributed by atoms with Crippen molar-refractivity contribution in [3.05, 3.63) is 27.1 Å². The van der Waals surface area contributed by atoms with Gasteiger partial charge in [-0.3, -0.25) is 0 Å². The smallest absolute Gasteiger partial charge is 0.339 e. The average Bonchev–Trinajstić information content (AvgIpc) is 1.82. The molecule has 12 heavy (non-hydrogen) atoms. The first-order chi connectivity index (χ1) is 5.52. The molecule has 0 fully saturated rings. The van der Waals surface area contributed by atoms with Crippen LogP contribution in [0.4, 0.5) is 4.39 Å². The van der Waals surface area contributed by atoms with Gasteiger partial charge >= 0.3 is 5.97 Å². The molecule has 0 aliphatic heterocycles. The van der Waals surface area contributed by atoms with E-state index < -0.39 is 17.3 Å². The summed E-state index contributed by atoms with van der Waals surface area (Å²) in [5, 5.41) is 17.4. The lowest BCUT2D eigenvalue weighted by Crippen LogP contribution is -2.03. The molecular formula is C7H4FIO3. The number of phenolic OH excluding ortho intramolecular Hbond substituents is 1. The van der Waals surface area contributed by atoms with E-state index in [9.17, 15) is 9.18 Å². The zero-order chi connectivity index (χ0) is 9.30. The molecule has 64 valence electrons. The van der Waals surface area contributed by atoms with E-state index in [1.807, 2.05) is 0 Å². The normalized spacial score (nSPS) is 9.83. The van der Waals surface area contributed by atoms with E-state index in [0.29, 0.717) is 0 Å². The van der Waals surface area contributed by atoms with Gasteiger partial charge in [-0.05, 0) is 28.7 Å². The molecule has 0 aliphatic carbocycles. The largest absolute Gasteiger partial charge is 0.508 e. The van der Waals surface area contributed by atoms with Crippen LogP contribution in [0, 0.1) is 9.39 Å². The minimum Gasteiger partial charge on any atom is -0.508 e. The second-order valence-electron chi connectivity index (χ2n) is 2.09. The fourth-order valence-corrected chi connectivity index (χ4v) is 1.57. The van der Waals surface area contributed by atoms with E-state index >= 15 is 0 Å². The van der Waals surface area contributed by atoms with E-state index in [-0.39, 0.29) is 9.32 Å². The van der Waals surface area contributed by atoms with Crippen LogP contribution in [0.3, 0.4) is 0 Å². The number of hydrogen-bond donors (Lipinski definition) is 2. The molecule has 5 heteroatoms. The van der Waals surface area contributed by atoms with Gasteiger partial charge in [0.2, 0.25) is 0 Å². The summed E-state index contributed by atoms with van der Waals surface area (Å²) in [7, 11) is 0. The molecule has 0 radical (unpaired) electrons. The Kier molecular flexibility index (Phi) is 2.51. The predicted octanol–water partition coefficient (Wildman–Crippen LogP) is 1.83. The van der Waals surface area contributed by atoms with E-state index in [4.69, 9.17) is 10.2 Å². The van der Waals surface area contributed by atoms with Gasteiger partial charge in [0.25, 0.3) is 0 Å². The van der Waals surface area contributed by atoms with Gasteiger partial charge in [0.15, 0.2) is 0 Å². The fraction of sp³-hybridized carbons (Fsp3) is 0. The summed E-state index contributed by atoms with van der Waals surface area (Å²) in [6.45, 7) is 0. The SMILES string of the molecule is O=C(O)c1c(F)cc(O)cc1I. The average molecular weight is 282 g/mol. The van der Waals surface area contributed by atoms with E-state index in [1.165, 1.54) is 6.07 Å². The van der Waals surface area contributed by atoms with Gasteiger partial charge in [0, 0.05) is 9.64 Å². The highest BCUT2D eigenvalue weighted by molar-refractivity contribution is 14.1. The standard InChI is InChI=1S/C7H4FIO3/c8-4-1-3(10)2-5(9)6(4)7(11)12/h1-2,10H,(H,11,12). The van der Waals surface area contributed by atoms with Gasteiger partial charge < -0.3 is 10.2 Å². The number of hydrogen-bond acceptors (Lipinski definition) is 2. The molecule has 0 aliphatic rings. The molecule has 0 unspecified atom stereocenters. The summed E-state index contributed by atoms with van der Waals surface area (Å²) < 4.78 is 13.0. The molecule has 0 heterocycles. The molecule has 1 aromatic carbocycles. The molecule has 0 saturated carbocycles. The van der Waals surface area contributed by atoms with E-state index in [0.717, 1.165) is 6.07 Å². The first-order valence-corrected chi connectivity index (χ1v) is 4.01. The number of halogens is 2. The first-order valence-electron chi connectivity index (χ1n) is 2.93. The number of aromatic hydroxyl groups is 1. The third-order valence-corrected chi connectivity index (χ3v) is 2.09. The van der Waals surface area contributed by atoms with Crippen molar-refractivity contribution in [1.82, 2.24) is 0 Å². The molecule has 0 atom stereocenters. The summed E-state index contributed by atoms with van der Waals surface area (Å²) in [6.07, 6.45) is 0. The summed E-state index contributed by atoms with van der Waals surface area (Å²) in [5.41, 5.74) is -0.409. The van der Waals surface area contributed by atoms with Crippen molar-refractivity contribution in [2.75, 3.05) is 0 Å². The third-order valence-electron chi connectivity index (χ3n) is 1.24. The molecule has 1 aromatic rings. The predicted molar refractivity (Wildman–Crippen MR) is 47.7 cm³/mol. The molecule has 0 amide bonds. The number of carboxylic acid groups (broad SMARTS) is 1. The van der Waals surface area contributed by atoms with Gasteiger partial charge in [-0.15, -0.1) is 0 Å². The van der Waals surface area contributed by atoms with Gasteiger partial charge in [-0.25, -0.2) is 9.18 Å². The molecule has 1 rings (SSSR count). The lowest BCUT2D eigenvalue weighted by molar-refractivity contribution is 0.0690. The van der Waals surface area contributed by atoms with Crippen molar-refractivity contribution in [2.24, 2.45) is 0 Å². The Morgan fingerprint density at radius 3 is 2.50 bits per heavy atom. The summed E-state index contributed by atoms with van der Waals surface area (Å²) in [6, 6.07) is 1.96. The zero-order valence-electron chi connectivity index (χ0n) is 5.71. The van der Waals surface area contributed by atoms with Crippen LogP contribution in [0.15, 0.2) is 12.1 Å². The number of aromatic carboxylic acids is 1. The van der Waals surface area contributed by atoms with Crippen LogP contribution in [0.2, 0.25) is 0 Å². The van der Waals surface area contributed by atoms with Crippen LogP contribution >= 0.6 is 22.6 Å². The zero-order valence-corrected chi connectivity index (χ0v) is 7.87. The number of benzene rings is 1. The van der Waals surface area contributed by atoms with E-state index in [1.54, 1.807) is 22.6 Å². The second kappa shape index (κ2) is 3.26. The third kappa shape index (κ3) is 1.66. The lowest BCUT2D eigenvalue weighted by Gasteiger charge is -2.00. The molecule has 0 saturated heterocycles. The Morgan fingerprint density at radius 1 is 1.50 bits per heavy atom. The Morgan fingerprint density at radius 2 is 2.08 bits per heavy atom. The van der Waals surface area contributed by atoms with E-state index in [2.05, 4.69) is 0 Å². The molecule has 2 N–H and O–H groups in total. The number of carbonyl (C=O) groups is 1. The van der Waals surface area contributed by atoms with Crippen molar-refractivity contribution < 1.29 is 19.4 Å². The molecular weight excluding hydrogens is 278 g/mol. The van der Waals surface area contributed by atoms with Crippen LogP contribution in [-0.2, 0) is 0 Å². The molecule has 0 bridgehead atoms. The van der Waals surface area contributed by atoms with Crippen molar-refractivity contribution in [3.8, 4) is 5.75 Å². The van der Waals surface area contributed by atoms with Gasteiger partial charge in [-0.2, -0.15) is 0 Å². The maximum Gasteiger partial charge on any atom is 0.339 e. The number of rotatable bonds is 1. The minimum atomic E-state index is -1.34. The summed E-state index contributed by atoms with van der Waals surface area (Å²) in [5.74, 6) is -2.54. The number of phenols is 1. The van der Waals surface area contributed by atoms with Crippen LogP contribution in [0.25, 0.3) is 0 Å². The Balaban J connectivity index is 3.38. The van der Waals surface area contributed by atoms with Gasteiger partial charge in [0.1, 0.15) is 17.1 Å². The minimum absolute atomic E-state index is 0.178. The van der Waals surface area contributed by atoms with Crippen LogP contribution in [-0.4, -0.2) is 16.2 Å². The molecule has 3 nitrogen and oxygen atoms in total. The highest BCUT2D eigenvalue weighted by Gasteiger charge is 2.15.